The molecule has 1 saturated heterocycles. The van der Waals surface area contributed by atoms with E-state index in [1.807, 2.05) is 11.3 Å². The lowest BCUT2D eigenvalue weighted by molar-refractivity contribution is -0.937. The minimum Gasteiger partial charge on any atom is -0.370 e. The van der Waals surface area contributed by atoms with Crippen molar-refractivity contribution in [1.82, 2.24) is 5.32 Å². The van der Waals surface area contributed by atoms with Crippen LogP contribution in [0.25, 0.3) is 0 Å². The lowest BCUT2D eigenvalue weighted by Gasteiger charge is -2.31. The number of nitrogens with one attached hydrogen (secondary N) is 3. The van der Waals surface area contributed by atoms with Crippen LogP contribution in [-0.4, -0.2) is 38.0 Å². The molecule has 1 atom stereocenters. The first-order valence-electron chi connectivity index (χ1n) is 9.85. The van der Waals surface area contributed by atoms with E-state index in [9.17, 15) is 0 Å². The largest absolute Gasteiger partial charge is 0.370 e. The minimum atomic E-state index is 0.407. The number of thiophene rings is 1. The van der Waals surface area contributed by atoms with E-state index in [4.69, 9.17) is 17.0 Å². The summed E-state index contributed by atoms with van der Waals surface area (Å²) in [5.74, 6) is 0. The first-order chi connectivity index (χ1) is 13.3. The maximum Gasteiger partial charge on any atom is 0.171 e. The summed E-state index contributed by atoms with van der Waals surface area (Å²) in [6, 6.07) is 13.4. The van der Waals surface area contributed by atoms with Gasteiger partial charge in [0.25, 0.3) is 0 Å². The first kappa shape index (κ1) is 20.3. The van der Waals surface area contributed by atoms with Gasteiger partial charge in [-0.1, -0.05) is 31.5 Å². The molecular weight excluding hydrogens is 374 g/mol. The van der Waals surface area contributed by atoms with E-state index in [1.165, 1.54) is 23.3 Å². The summed E-state index contributed by atoms with van der Waals surface area (Å²) < 4.78 is 5.53. The predicted octanol–water partition coefficient (Wildman–Crippen LogP) is 3.03. The highest BCUT2D eigenvalue weighted by atomic mass is 32.1. The second-order valence-electron chi connectivity index (χ2n) is 6.97. The maximum atomic E-state index is 5.54. The summed E-state index contributed by atoms with van der Waals surface area (Å²) >= 11 is 7.36. The number of morpholine rings is 1. The molecule has 2 aromatic rings. The van der Waals surface area contributed by atoms with Crippen molar-refractivity contribution in [3.63, 3.8) is 0 Å². The molecular formula is C21H30N3OS2+. The Balaban J connectivity index is 1.53. The van der Waals surface area contributed by atoms with Crippen LogP contribution < -0.4 is 15.5 Å². The van der Waals surface area contributed by atoms with Gasteiger partial charge in [-0.15, -0.1) is 11.3 Å². The molecule has 0 aliphatic carbocycles. The number of unbranched alkanes of at least 4 members (excludes halogenated alkanes) is 1. The van der Waals surface area contributed by atoms with Crippen molar-refractivity contribution in [3.05, 3.63) is 52.2 Å². The highest BCUT2D eigenvalue weighted by Crippen LogP contribution is 2.16. The third-order valence-corrected chi connectivity index (χ3v) is 6.24. The first-order valence-corrected chi connectivity index (χ1v) is 11.1. The number of benzene rings is 1. The maximum absolute atomic E-state index is 5.54. The molecule has 0 bridgehead atoms. The van der Waals surface area contributed by atoms with Crippen LogP contribution >= 0.6 is 23.6 Å². The van der Waals surface area contributed by atoms with Crippen LogP contribution in [0.3, 0.4) is 0 Å². The topological polar surface area (TPSA) is 37.7 Å². The van der Waals surface area contributed by atoms with Gasteiger partial charge < -0.3 is 20.3 Å². The van der Waals surface area contributed by atoms with E-state index in [-0.39, 0.29) is 0 Å². The zero-order valence-electron chi connectivity index (χ0n) is 16.0. The number of quaternary nitrogens is 1. The Bertz CT molecular complexity index is 682. The lowest BCUT2D eigenvalue weighted by Crippen LogP contribution is -3.15. The van der Waals surface area contributed by atoms with Crippen LogP contribution in [0.4, 0.5) is 5.69 Å². The quantitative estimate of drug-likeness (QED) is 0.591. The van der Waals surface area contributed by atoms with E-state index in [0.717, 1.165) is 45.0 Å². The molecule has 1 aliphatic rings. The zero-order valence-corrected chi connectivity index (χ0v) is 17.6. The molecule has 0 saturated carbocycles. The molecule has 3 rings (SSSR count). The van der Waals surface area contributed by atoms with Crippen LogP contribution in [0.2, 0.25) is 0 Å². The smallest absolute Gasteiger partial charge is 0.171 e. The molecule has 1 aromatic heterocycles. The van der Waals surface area contributed by atoms with Crippen LogP contribution in [0.1, 0.15) is 36.2 Å². The SMILES string of the molecule is CCCCc1ccc(NC(=S)NC[C@@H](c2cccs2)[NH+]2CCOCC2)cc1. The Morgan fingerprint density at radius 2 is 2.00 bits per heavy atom. The Kier molecular flexibility index (Phi) is 8.08. The third-order valence-electron chi connectivity index (χ3n) is 5.01. The van der Waals surface area contributed by atoms with Crippen molar-refractivity contribution in [2.75, 3.05) is 38.2 Å². The summed E-state index contributed by atoms with van der Waals surface area (Å²) in [7, 11) is 0. The summed E-state index contributed by atoms with van der Waals surface area (Å²) in [4.78, 5) is 2.97. The minimum absolute atomic E-state index is 0.407. The standard InChI is InChI=1S/C21H29N3OS2/c1-2-3-5-17-7-9-18(10-8-17)23-21(26)22-16-19(20-6-4-15-27-20)24-11-13-25-14-12-24/h4,6-10,15,19H,2-3,5,11-14,16H2,1H3,(H2,22,23,26)/p+1/t19-/m0/s1. The summed E-state index contributed by atoms with van der Waals surface area (Å²) in [6.07, 6.45) is 3.61. The Hall–Kier alpha value is -1.47. The summed E-state index contributed by atoms with van der Waals surface area (Å²) in [5, 5.41) is 9.59. The van der Waals surface area contributed by atoms with E-state index in [2.05, 4.69) is 59.3 Å². The average molecular weight is 405 g/mol. The monoisotopic (exact) mass is 404 g/mol. The molecule has 0 radical (unpaired) electrons. The zero-order chi connectivity index (χ0) is 18.9. The van der Waals surface area contributed by atoms with Crippen molar-refractivity contribution in [3.8, 4) is 0 Å². The van der Waals surface area contributed by atoms with Crippen molar-refractivity contribution < 1.29 is 9.64 Å². The molecule has 6 heteroatoms. The normalized spacial score (nSPS) is 16.0. The fourth-order valence-electron chi connectivity index (χ4n) is 3.42. The van der Waals surface area contributed by atoms with Crippen molar-refractivity contribution in [2.24, 2.45) is 0 Å². The highest BCUT2D eigenvalue weighted by Gasteiger charge is 2.27. The number of thiocarbonyl (C=S) groups is 1. The molecule has 1 aliphatic heterocycles. The van der Waals surface area contributed by atoms with Crippen molar-refractivity contribution in [1.29, 1.82) is 0 Å². The van der Waals surface area contributed by atoms with Gasteiger partial charge in [0.05, 0.1) is 24.6 Å². The number of hydrogen-bond acceptors (Lipinski definition) is 3. The fraction of sp³-hybridized carbons (Fsp3) is 0.476. The van der Waals surface area contributed by atoms with Gasteiger partial charge in [0.15, 0.2) is 5.11 Å². The summed E-state index contributed by atoms with van der Waals surface area (Å²) in [6.45, 7) is 6.82. The van der Waals surface area contributed by atoms with E-state index in [1.54, 1.807) is 4.90 Å². The molecule has 0 unspecified atom stereocenters. The number of rotatable bonds is 8. The lowest BCUT2D eigenvalue weighted by atomic mass is 10.1. The molecule has 0 spiro atoms. The van der Waals surface area contributed by atoms with Gasteiger partial charge in [0.2, 0.25) is 0 Å². The second kappa shape index (κ2) is 10.8. The van der Waals surface area contributed by atoms with Crippen molar-refractivity contribution in [2.45, 2.75) is 32.2 Å². The van der Waals surface area contributed by atoms with Crippen LogP contribution in [0, 0.1) is 0 Å². The molecule has 146 valence electrons. The molecule has 27 heavy (non-hydrogen) atoms. The molecule has 0 amide bonds. The van der Waals surface area contributed by atoms with Gasteiger partial charge in [-0.25, -0.2) is 0 Å². The Labute approximate surface area is 171 Å². The molecule has 2 heterocycles. The molecule has 4 nitrogen and oxygen atoms in total. The van der Waals surface area contributed by atoms with Gasteiger partial charge in [-0.2, -0.15) is 0 Å². The Morgan fingerprint density at radius 1 is 1.22 bits per heavy atom. The molecule has 1 fully saturated rings. The Morgan fingerprint density at radius 3 is 2.67 bits per heavy atom. The number of hydrogen-bond donors (Lipinski definition) is 3. The number of aryl methyl sites for hydroxylation is 1. The van der Waals surface area contributed by atoms with E-state index < -0.39 is 0 Å². The van der Waals surface area contributed by atoms with Gasteiger partial charge in [-0.3, -0.25) is 0 Å². The number of ether oxygens (including phenoxy) is 1. The van der Waals surface area contributed by atoms with Gasteiger partial charge in [0.1, 0.15) is 19.1 Å². The fourth-order valence-corrected chi connectivity index (χ4v) is 4.51. The van der Waals surface area contributed by atoms with Crippen LogP contribution in [-0.2, 0) is 11.2 Å². The van der Waals surface area contributed by atoms with Crippen LogP contribution in [0.15, 0.2) is 41.8 Å². The third kappa shape index (κ3) is 6.28. The molecule has 1 aromatic carbocycles. The second-order valence-corrected chi connectivity index (χ2v) is 8.36. The van der Waals surface area contributed by atoms with Crippen molar-refractivity contribution >= 4 is 34.4 Å². The van der Waals surface area contributed by atoms with E-state index >= 15 is 0 Å². The van der Waals surface area contributed by atoms with Gasteiger partial charge in [0, 0.05) is 5.69 Å². The highest BCUT2D eigenvalue weighted by molar-refractivity contribution is 7.80. The number of anilines is 1. The molecule has 3 N–H and O–H groups in total. The predicted molar refractivity (Wildman–Crippen MR) is 118 cm³/mol. The average Bonchev–Trinajstić information content (AvgIpc) is 3.23. The van der Waals surface area contributed by atoms with E-state index in [0.29, 0.717) is 11.2 Å². The summed E-state index contributed by atoms with van der Waals surface area (Å²) in [5.41, 5.74) is 2.43. The van der Waals surface area contributed by atoms with Gasteiger partial charge in [-0.05, 0) is 54.2 Å². The van der Waals surface area contributed by atoms with Crippen LogP contribution in [0.5, 0.6) is 0 Å². The van der Waals surface area contributed by atoms with Gasteiger partial charge >= 0.3 is 0 Å².